The van der Waals surface area contributed by atoms with Crippen molar-refractivity contribution >= 4 is 23.4 Å². The molecule has 0 aliphatic carbocycles. The maximum atomic E-state index is 13.1. The van der Waals surface area contributed by atoms with E-state index in [1.165, 1.54) is 0 Å². The number of hydrogen-bond acceptors (Lipinski definition) is 3. The molecule has 0 amide bonds. The predicted molar refractivity (Wildman–Crippen MR) is 45.0 cm³/mol. The molecule has 74 valence electrons. The Balaban J connectivity index is 3.31. The van der Waals surface area contributed by atoms with Crippen LogP contribution in [0.1, 0.15) is 10.4 Å². The molecule has 0 radical (unpaired) electrons. The molecule has 0 aliphatic heterocycles. The number of phenolic OH excluding ortho intramolecular Hbond substituents is 1. The standard InChI is InChI=1S/C8H4ClFO4/c9-5-4(11)2-1-3(6(5)10)7(12)8(13)14/h1-2,11H,(H,13,14). The molecule has 0 aromatic heterocycles. The first-order valence-electron chi connectivity index (χ1n) is 3.39. The molecule has 0 heterocycles. The first kappa shape index (κ1) is 10.5. The maximum absolute atomic E-state index is 13.1. The molecule has 14 heavy (non-hydrogen) atoms. The average Bonchev–Trinajstić information content (AvgIpc) is 2.13. The van der Waals surface area contributed by atoms with Crippen molar-refractivity contribution in [1.29, 1.82) is 0 Å². The number of Topliss-reactive ketones (excluding diaryl/α,β-unsaturated/α-hetero) is 1. The van der Waals surface area contributed by atoms with Gasteiger partial charge in [-0.3, -0.25) is 4.79 Å². The van der Waals surface area contributed by atoms with Gasteiger partial charge >= 0.3 is 5.97 Å². The third-order valence-corrected chi connectivity index (χ3v) is 1.86. The van der Waals surface area contributed by atoms with Gasteiger partial charge in [0, 0.05) is 0 Å². The number of carbonyl (C=O) groups is 2. The van der Waals surface area contributed by atoms with E-state index in [2.05, 4.69) is 0 Å². The molecule has 0 saturated carbocycles. The SMILES string of the molecule is O=C(O)C(=O)c1ccc(O)c(Cl)c1F. The maximum Gasteiger partial charge on any atom is 0.377 e. The van der Waals surface area contributed by atoms with E-state index < -0.39 is 33.9 Å². The third-order valence-electron chi connectivity index (χ3n) is 1.50. The summed E-state index contributed by atoms with van der Waals surface area (Å²) in [6.45, 7) is 0. The number of aliphatic carboxylic acids is 1. The highest BCUT2D eigenvalue weighted by Crippen LogP contribution is 2.28. The van der Waals surface area contributed by atoms with E-state index in [9.17, 15) is 14.0 Å². The molecule has 0 atom stereocenters. The van der Waals surface area contributed by atoms with Gasteiger partial charge in [0.2, 0.25) is 0 Å². The first-order valence-corrected chi connectivity index (χ1v) is 3.77. The summed E-state index contributed by atoms with van der Waals surface area (Å²) in [6.07, 6.45) is 0. The fourth-order valence-corrected chi connectivity index (χ4v) is 0.995. The van der Waals surface area contributed by atoms with Crippen LogP contribution in [0.3, 0.4) is 0 Å². The summed E-state index contributed by atoms with van der Waals surface area (Å²) in [6, 6.07) is 1.80. The predicted octanol–water partition coefficient (Wildman–Crippen LogP) is 1.45. The molecule has 0 unspecified atom stereocenters. The average molecular weight is 219 g/mol. The topological polar surface area (TPSA) is 74.6 Å². The van der Waals surface area contributed by atoms with Gasteiger partial charge in [0.25, 0.3) is 5.78 Å². The van der Waals surface area contributed by atoms with Crippen LogP contribution >= 0.6 is 11.6 Å². The minimum absolute atomic E-state index is 0.550. The Morgan fingerprint density at radius 3 is 2.43 bits per heavy atom. The smallest absolute Gasteiger partial charge is 0.377 e. The summed E-state index contributed by atoms with van der Waals surface area (Å²) >= 11 is 5.26. The van der Waals surface area contributed by atoms with Gasteiger partial charge < -0.3 is 10.2 Å². The molecule has 0 saturated heterocycles. The van der Waals surface area contributed by atoms with E-state index in [1.54, 1.807) is 0 Å². The lowest BCUT2D eigenvalue weighted by Gasteiger charge is -2.02. The van der Waals surface area contributed by atoms with Crippen molar-refractivity contribution in [1.82, 2.24) is 0 Å². The number of hydrogen-bond donors (Lipinski definition) is 2. The molecule has 4 nitrogen and oxygen atoms in total. The van der Waals surface area contributed by atoms with E-state index >= 15 is 0 Å². The number of halogens is 2. The fourth-order valence-electron chi connectivity index (χ4n) is 0.830. The van der Waals surface area contributed by atoms with Crippen molar-refractivity contribution in [2.45, 2.75) is 0 Å². The molecular formula is C8H4ClFO4. The molecular weight excluding hydrogens is 215 g/mol. The summed E-state index contributed by atoms with van der Waals surface area (Å²) in [5, 5.41) is 16.5. The van der Waals surface area contributed by atoms with Gasteiger partial charge in [-0.2, -0.15) is 0 Å². The van der Waals surface area contributed by atoms with Crippen molar-refractivity contribution in [3.63, 3.8) is 0 Å². The number of ketones is 1. The van der Waals surface area contributed by atoms with Crippen molar-refractivity contribution in [3.05, 3.63) is 28.5 Å². The third kappa shape index (κ3) is 1.67. The van der Waals surface area contributed by atoms with Crippen LogP contribution in [0, 0.1) is 5.82 Å². The van der Waals surface area contributed by atoms with Crippen molar-refractivity contribution in [2.24, 2.45) is 0 Å². The molecule has 0 fully saturated rings. The number of carbonyl (C=O) groups excluding carboxylic acids is 1. The van der Waals surface area contributed by atoms with Crippen molar-refractivity contribution in [3.8, 4) is 5.75 Å². The zero-order chi connectivity index (χ0) is 10.9. The van der Waals surface area contributed by atoms with Gasteiger partial charge in [0.05, 0.1) is 5.56 Å². The van der Waals surface area contributed by atoms with Gasteiger partial charge in [-0.05, 0) is 12.1 Å². The quantitative estimate of drug-likeness (QED) is 0.582. The normalized spacial score (nSPS) is 9.86. The molecule has 1 aromatic carbocycles. The Morgan fingerprint density at radius 1 is 1.36 bits per heavy atom. The zero-order valence-electron chi connectivity index (χ0n) is 6.62. The number of rotatable bonds is 2. The summed E-state index contributed by atoms with van der Waals surface area (Å²) in [5.41, 5.74) is -0.680. The van der Waals surface area contributed by atoms with Crippen LogP contribution < -0.4 is 0 Å². The fraction of sp³-hybridized carbons (Fsp3) is 0. The molecule has 1 rings (SSSR count). The highest BCUT2D eigenvalue weighted by molar-refractivity contribution is 6.41. The number of carboxylic acids is 1. The zero-order valence-corrected chi connectivity index (χ0v) is 7.38. The van der Waals surface area contributed by atoms with Crippen molar-refractivity contribution < 1.29 is 24.2 Å². The Bertz CT molecular complexity index is 416. The summed E-state index contributed by atoms with van der Waals surface area (Å²) in [5.74, 6) is -4.99. The van der Waals surface area contributed by atoms with E-state index in [0.717, 1.165) is 12.1 Å². The number of aromatic hydroxyl groups is 1. The van der Waals surface area contributed by atoms with Crippen LogP contribution in [-0.4, -0.2) is 22.0 Å². The molecule has 1 aromatic rings. The summed E-state index contributed by atoms with van der Waals surface area (Å²) in [4.78, 5) is 21.1. The van der Waals surface area contributed by atoms with Gasteiger partial charge in [-0.25, -0.2) is 9.18 Å². The van der Waals surface area contributed by atoms with Crippen LogP contribution in [-0.2, 0) is 4.79 Å². The van der Waals surface area contributed by atoms with Crippen LogP contribution in [0.4, 0.5) is 4.39 Å². The van der Waals surface area contributed by atoms with Crippen LogP contribution in [0.2, 0.25) is 5.02 Å². The second kappa shape index (κ2) is 3.63. The lowest BCUT2D eigenvalue weighted by molar-refractivity contribution is -0.131. The number of carboxylic acid groups (broad SMARTS) is 1. The monoisotopic (exact) mass is 218 g/mol. The van der Waals surface area contributed by atoms with Crippen LogP contribution in [0.15, 0.2) is 12.1 Å². The Kier molecular flexibility index (Phi) is 2.71. The molecule has 0 aliphatic rings. The highest BCUT2D eigenvalue weighted by Gasteiger charge is 2.21. The first-order chi connectivity index (χ1) is 6.45. The lowest BCUT2D eigenvalue weighted by Crippen LogP contribution is -2.14. The van der Waals surface area contributed by atoms with Gasteiger partial charge in [-0.1, -0.05) is 11.6 Å². The van der Waals surface area contributed by atoms with Gasteiger partial charge in [0.1, 0.15) is 10.8 Å². The lowest BCUT2D eigenvalue weighted by atomic mass is 10.1. The molecule has 6 heteroatoms. The summed E-state index contributed by atoms with van der Waals surface area (Å²) in [7, 11) is 0. The molecule has 0 spiro atoms. The second-order valence-corrected chi connectivity index (χ2v) is 2.77. The molecule has 0 bridgehead atoms. The largest absolute Gasteiger partial charge is 0.506 e. The number of phenols is 1. The highest BCUT2D eigenvalue weighted by atomic mass is 35.5. The second-order valence-electron chi connectivity index (χ2n) is 2.39. The Hall–Kier alpha value is -1.62. The minimum atomic E-state index is -1.79. The van der Waals surface area contributed by atoms with E-state index in [-0.39, 0.29) is 0 Å². The summed E-state index contributed by atoms with van der Waals surface area (Å²) < 4.78 is 13.1. The number of benzene rings is 1. The van der Waals surface area contributed by atoms with Gasteiger partial charge in [-0.15, -0.1) is 0 Å². The van der Waals surface area contributed by atoms with Crippen molar-refractivity contribution in [2.75, 3.05) is 0 Å². The Labute approximate surface area is 82.5 Å². The van der Waals surface area contributed by atoms with Crippen LogP contribution in [0.25, 0.3) is 0 Å². The van der Waals surface area contributed by atoms with E-state index in [0.29, 0.717) is 0 Å². The minimum Gasteiger partial charge on any atom is -0.506 e. The Morgan fingerprint density at radius 2 is 1.93 bits per heavy atom. The van der Waals surface area contributed by atoms with Crippen LogP contribution in [0.5, 0.6) is 5.75 Å². The van der Waals surface area contributed by atoms with E-state index in [1.807, 2.05) is 0 Å². The van der Waals surface area contributed by atoms with Gasteiger partial charge in [0.15, 0.2) is 5.82 Å². The molecule has 2 N–H and O–H groups in total. The van der Waals surface area contributed by atoms with E-state index in [4.69, 9.17) is 21.8 Å².